The molecule has 2 aromatic heterocycles. The van der Waals surface area contributed by atoms with E-state index in [4.69, 9.17) is 9.26 Å². The molecule has 0 N–H and O–H groups in total. The molecule has 2 heterocycles. The van der Waals surface area contributed by atoms with Crippen molar-refractivity contribution in [3.05, 3.63) is 53.2 Å². The third-order valence-corrected chi connectivity index (χ3v) is 5.02. The Morgan fingerprint density at radius 3 is 2.70 bits per heavy atom. The van der Waals surface area contributed by atoms with Crippen LogP contribution in [0.1, 0.15) is 38.1 Å². The molecule has 1 atom stereocenters. The summed E-state index contributed by atoms with van der Waals surface area (Å²) in [6, 6.07) is 11.7. The highest BCUT2D eigenvalue weighted by atomic mass is 32.1. The van der Waals surface area contributed by atoms with Crippen LogP contribution < -0.4 is 4.74 Å². The molecule has 3 aromatic rings. The smallest absolute Gasteiger partial charge is 0.263 e. The first-order chi connectivity index (χ1) is 13.0. The predicted molar refractivity (Wildman–Crippen MR) is 105 cm³/mol. The molecule has 0 bridgehead atoms. The van der Waals surface area contributed by atoms with Gasteiger partial charge >= 0.3 is 0 Å². The van der Waals surface area contributed by atoms with E-state index >= 15 is 0 Å². The monoisotopic (exact) mass is 385 g/mol. The predicted octanol–water partition coefficient (Wildman–Crippen LogP) is 4.35. The number of carbonyl (C=O) groups excluding carboxylic acids is 1. The molecule has 1 amide bonds. The summed E-state index contributed by atoms with van der Waals surface area (Å²) in [5.41, 5.74) is 1.08. The molecule has 6 nitrogen and oxygen atoms in total. The highest BCUT2D eigenvalue weighted by molar-refractivity contribution is 7.13. The van der Waals surface area contributed by atoms with Gasteiger partial charge in [-0.05, 0) is 35.9 Å². The Labute approximate surface area is 162 Å². The zero-order valence-electron chi connectivity index (χ0n) is 15.9. The van der Waals surface area contributed by atoms with Crippen molar-refractivity contribution in [1.82, 2.24) is 15.0 Å². The summed E-state index contributed by atoms with van der Waals surface area (Å²) in [5, 5.41) is 5.92. The first-order valence-corrected chi connectivity index (χ1v) is 9.70. The second-order valence-electron chi connectivity index (χ2n) is 6.64. The van der Waals surface area contributed by atoms with E-state index in [1.807, 2.05) is 41.8 Å². The summed E-state index contributed by atoms with van der Waals surface area (Å²) < 4.78 is 11.2. The van der Waals surface area contributed by atoms with Crippen molar-refractivity contribution in [2.75, 3.05) is 7.05 Å². The molecule has 0 aliphatic carbocycles. The van der Waals surface area contributed by atoms with Crippen LogP contribution in [0, 0.1) is 0 Å². The van der Waals surface area contributed by atoms with Gasteiger partial charge in [0.15, 0.2) is 6.10 Å². The molecule has 0 saturated heterocycles. The van der Waals surface area contributed by atoms with Crippen molar-refractivity contribution in [3.8, 4) is 16.5 Å². The minimum atomic E-state index is -0.616. The van der Waals surface area contributed by atoms with Crippen LogP contribution in [0.25, 0.3) is 10.7 Å². The zero-order valence-corrected chi connectivity index (χ0v) is 16.7. The quantitative estimate of drug-likeness (QED) is 0.605. The van der Waals surface area contributed by atoms with Crippen LogP contribution in [0.2, 0.25) is 0 Å². The second kappa shape index (κ2) is 8.35. The lowest BCUT2D eigenvalue weighted by Gasteiger charge is -2.22. The van der Waals surface area contributed by atoms with Gasteiger partial charge in [-0.2, -0.15) is 4.98 Å². The van der Waals surface area contributed by atoms with Crippen LogP contribution >= 0.6 is 11.3 Å². The van der Waals surface area contributed by atoms with E-state index in [0.29, 0.717) is 17.6 Å². The first-order valence-electron chi connectivity index (χ1n) is 8.82. The van der Waals surface area contributed by atoms with E-state index in [0.717, 1.165) is 16.2 Å². The fourth-order valence-corrected chi connectivity index (χ4v) is 3.37. The number of aromatic nitrogens is 2. The normalized spacial score (nSPS) is 12.2. The van der Waals surface area contributed by atoms with E-state index in [1.165, 1.54) is 16.2 Å². The first kappa shape index (κ1) is 19.1. The number of para-hydroxylation sites is 1. The number of nitrogens with zero attached hydrogens (tertiary/aromatic N) is 3. The standard InChI is InChI=1S/C20H23N3O3S/c1-13(2)15-8-5-6-9-16(15)25-14(3)20(24)23(4)12-18-21-19(22-26-18)17-10-7-11-27-17/h5-11,13-14H,12H2,1-4H3/t14-/m1/s1. The molecule has 0 spiro atoms. The van der Waals surface area contributed by atoms with E-state index < -0.39 is 6.10 Å². The number of hydrogen-bond donors (Lipinski definition) is 0. The lowest BCUT2D eigenvalue weighted by atomic mass is 10.0. The third-order valence-electron chi connectivity index (χ3n) is 4.15. The summed E-state index contributed by atoms with van der Waals surface area (Å²) in [6.45, 7) is 6.18. The average Bonchev–Trinajstić information content (AvgIpc) is 3.32. The Morgan fingerprint density at radius 2 is 2.00 bits per heavy atom. The maximum Gasteiger partial charge on any atom is 0.263 e. The fraction of sp³-hybridized carbons (Fsp3) is 0.350. The van der Waals surface area contributed by atoms with Crippen molar-refractivity contribution >= 4 is 17.2 Å². The lowest BCUT2D eigenvalue weighted by molar-refractivity contribution is -0.137. The van der Waals surface area contributed by atoms with Gasteiger partial charge in [0.1, 0.15) is 5.75 Å². The van der Waals surface area contributed by atoms with Crippen LogP contribution in [0.4, 0.5) is 0 Å². The van der Waals surface area contributed by atoms with Crippen molar-refractivity contribution in [1.29, 1.82) is 0 Å². The summed E-state index contributed by atoms with van der Waals surface area (Å²) in [6.07, 6.45) is -0.616. The average molecular weight is 385 g/mol. The molecule has 0 radical (unpaired) electrons. The highest BCUT2D eigenvalue weighted by Gasteiger charge is 2.22. The Hall–Kier alpha value is -2.67. The molecule has 3 rings (SSSR count). The molecular weight excluding hydrogens is 362 g/mol. The van der Waals surface area contributed by atoms with Gasteiger partial charge in [-0.3, -0.25) is 4.79 Å². The number of hydrogen-bond acceptors (Lipinski definition) is 6. The lowest BCUT2D eigenvalue weighted by Crippen LogP contribution is -2.37. The van der Waals surface area contributed by atoms with Gasteiger partial charge in [0.05, 0.1) is 11.4 Å². The highest BCUT2D eigenvalue weighted by Crippen LogP contribution is 2.27. The van der Waals surface area contributed by atoms with Crippen LogP contribution in [0.15, 0.2) is 46.3 Å². The molecule has 0 aliphatic rings. The van der Waals surface area contributed by atoms with Crippen molar-refractivity contribution in [3.63, 3.8) is 0 Å². The van der Waals surface area contributed by atoms with Crippen LogP contribution in [0.5, 0.6) is 5.75 Å². The largest absolute Gasteiger partial charge is 0.481 e. The molecule has 1 aromatic carbocycles. The Bertz CT molecular complexity index is 890. The molecule has 0 saturated carbocycles. The number of benzene rings is 1. The maximum absolute atomic E-state index is 12.7. The number of thiophene rings is 1. The van der Waals surface area contributed by atoms with E-state index in [9.17, 15) is 4.79 Å². The Morgan fingerprint density at radius 1 is 1.22 bits per heavy atom. The molecule has 0 fully saturated rings. The summed E-state index contributed by atoms with van der Waals surface area (Å²) >= 11 is 1.54. The van der Waals surface area contributed by atoms with Gasteiger partial charge in [0, 0.05) is 7.05 Å². The maximum atomic E-state index is 12.7. The SMILES string of the molecule is CC(C)c1ccccc1O[C@H](C)C(=O)N(C)Cc1nc(-c2cccs2)no1. The molecular formula is C20H23N3O3S. The van der Waals surface area contributed by atoms with E-state index in [2.05, 4.69) is 24.0 Å². The topological polar surface area (TPSA) is 68.5 Å². The van der Waals surface area contributed by atoms with Gasteiger partial charge in [-0.15, -0.1) is 11.3 Å². The number of likely N-dealkylation sites (N-methyl/N-ethyl adjacent to an activating group) is 1. The van der Waals surface area contributed by atoms with Crippen molar-refractivity contribution in [2.45, 2.75) is 39.3 Å². The van der Waals surface area contributed by atoms with Gasteiger partial charge < -0.3 is 14.2 Å². The van der Waals surface area contributed by atoms with Crippen LogP contribution in [-0.2, 0) is 11.3 Å². The summed E-state index contributed by atoms with van der Waals surface area (Å²) in [5.74, 6) is 1.83. The van der Waals surface area contributed by atoms with Gasteiger partial charge in [0.25, 0.3) is 5.91 Å². The van der Waals surface area contributed by atoms with Crippen molar-refractivity contribution < 1.29 is 14.1 Å². The molecule has 0 unspecified atom stereocenters. The third kappa shape index (κ3) is 4.54. The summed E-state index contributed by atoms with van der Waals surface area (Å²) in [7, 11) is 1.70. The Balaban J connectivity index is 1.63. The molecule has 0 aliphatic heterocycles. The minimum absolute atomic E-state index is 0.149. The van der Waals surface area contributed by atoms with Crippen molar-refractivity contribution in [2.24, 2.45) is 0 Å². The number of carbonyl (C=O) groups is 1. The van der Waals surface area contributed by atoms with Gasteiger partial charge in [-0.25, -0.2) is 0 Å². The van der Waals surface area contributed by atoms with Gasteiger partial charge in [0.2, 0.25) is 11.7 Å². The second-order valence-corrected chi connectivity index (χ2v) is 7.58. The van der Waals surface area contributed by atoms with Gasteiger partial charge in [-0.1, -0.05) is 43.3 Å². The minimum Gasteiger partial charge on any atom is -0.481 e. The fourth-order valence-electron chi connectivity index (χ4n) is 2.72. The Kier molecular flexibility index (Phi) is 5.91. The van der Waals surface area contributed by atoms with E-state index in [1.54, 1.807) is 14.0 Å². The summed E-state index contributed by atoms with van der Waals surface area (Å²) in [4.78, 5) is 19.5. The zero-order chi connectivity index (χ0) is 19.4. The molecule has 27 heavy (non-hydrogen) atoms. The van der Waals surface area contributed by atoms with E-state index in [-0.39, 0.29) is 12.5 Å². The number of amides is 1. The number of rotatable bonds is 7. The number of ether oxygens (including phenoxy) is 1. The molecule has 142 valence electrons. The molecule has 7 heteroatoms. The van der Waals surface area contributed by atoms with Crippen LogP contribution in [-0.4, -0.2) is 34.1 Å². The van der Waals surface area contributed by atoms with Crippen LogP contribution in [0.3, 0.4) is 0 Å².